The normalized spacial score (nSPS) is 10.8. The lowest BCUT2D eigenvalue weighted by Crippen LogP contribution is -2.13. The van der Waals surface area contributed by atoms with Gasteiger partial charge >= 0.3 is 0 Å². The smallest absolute Gasteiger partial charge is 0.174 e. The van der Waals surface area contributed by atoms with Gasteiger partial charge in [0.2, 0.25) is 0 Å². The summed E-state index contributed by atoms with van der Waals surface area (Å²) in [5, 5.41) is 3.40. The average molecular weight is 293 g/mol. The van der Waals surface area contributed by atoms with Crippen LogP contribution in [0.15, 0.2) is 33.5 Å². The van der Waals surface area contributed by atoms with E-state index in [1.165, 1.54) is 28.4 Å². The van der Waals surface area contributed by atoms with Gasteiger partial charge in [-0.2, -0.15) is 4.37 Å². The first-order valence-electron chi connectivity index (χ1n) is 6.62. The lowest BCUT2D eigenvalue weighted by molar-refractivity contribution is 0.675. The number of aryl methyl sites for hydroxylation is 1. The SMILES string of the molecule is CCCNCc1ccc(Sc2nc(CC)ns2)cc1. The van der Waals surface area contributed by atoms with Crippen molar-refractivity contribution < 1.29 is 0 Å². The summed E-state index contributed by atoms with van der Waals surface area (Å²) in [6, 6.07) is 8.65. The molecule has 0 aliphatic rings. The van der Waals surface area contributed by atoms with Crippen molar-refractivity contribution in [2.24, 2.45) is 0 Å². The molecular formula is C14H19N3S2. The largest absolute Gasteiger partial charge is 0.313 e. The molecule has 1 aromatic carbocycles. The van der Waals surface area contributed by atoms with E-state index in [-0.39, 0.29) is 0 Å². The minimum absolute atomic E-state index is 0.902. The highest BCUT2D eigenvalue weighted by Crippen LogP contribution is 2.29. The van der Waals surface area contributed by atoms with Gasteiger partial charge in [-0.25, -0.2) is 4.98 Å². The van der Waals surface area contributed by atoms with Crippen LogP contribution in [0.3, 0.4) is 0 Å². The third kappa shape index (κ3) is 4.60. The predicted octanol–water partition coefficient (Wildman–Crippen LogP) is 3.75. The van der Waals surface area contributed by atoms with E-state index in [0.29, 0.717) is 0 Å². The van der Waals surface area contributed by atoms with Crippen LogP contribution in [0.5, 0.6) is 0 Å². The molecule has 0 spiro atoms. The molecular weight excluding hydrogens is 274 g/mol. The number of rotatable bonds is 7. The van der Waals surface area contributed by atoms with Crippen molar-refractivity contribution in [2.45, 2.75) is 42.5 Å². The van der Waals surface area contributed by atoms with Gasteiger partial charge in [-0.1, -0.05) is 37.7 Å². The molecule has 0 bridgehead atoms. The molecule has 0 aliphatic carbocycles. The van der Waals surface area contributed by atoms with Crippen molar-refractivity contribution in [2.75, 3.05) is 6.54 Å². The molecule has 0 amide bonds. The van der Waals surface area contributed by atoms with Gasteiger partial charge < -0.3 is 5.32 Å². The summed E-state index contributed by atoms with van der Waals surface area (Å²) < 4.78 is 5.32. The maximum absolute atomic E-state index is 4.47. The second-order valence-corrected chi connectivity index (χ2v) is 6.33. The Morgan fingerprint density at radius 2 is 2.00 bits per heavy atom. The zero-order valence-electron chi connectivity index (χ0n) is 11.3. The van der Waals surface area contributed by atoms with Crippen LogP contribution in [-0.2, 0) is 13.0 Å². The fraction of sp³-hybridized carbons (Fsp3) is 0.429. The van der Waals surface area contributed by atoms with E-state index in [0.717, 1.165) is 29.7 Å². The highest BCUT2D eigenvalue weighted by atomic mass is 32.2. The third-order valence-electron chi connectivity index (χ3n) is 2.65. The van der Waals surface area contributed by atoms with Gasteiger partial charge in [0.15, 0.2) is 4.34 Å². The van der Waals surface area contributed by atoms with E-state index < -0.39 is 0 Å². The molecule has 1 N–H and O–H groups in total. The van der Waals surface area contributed by atoms with E-state index in [4.69, 9.17) is 0 Å². The van der Waals surface area contributed by atoms with Crippen LogP contribution in [0.1, 0.15) is 31.7 Å². The van der Waals surface area contributed by atoms with Crippen LogP contribution in [-0.4, -0.2) is 15.9 Å². The Morgan fingerprint density at radius 1 is 1.21 bits per heavy atom. The molecule has 102 valence electrons. The third-order valence-corrected chi connectivity index (χ3v) is 4.45. The number of hydrogen-bond donors (Lipinski definition) is 1. The standard InChI is InChI=1S/C14H19N3S2/c1-3-9-15-10-11-5-7-12(8-6-11)18-14-16-13(4-2)17-19-14/h5-8,15H,3-4,9-10H2,1-2H3. The van der Waals surface area contributed by atoms with Crippen molar-refractivity contribution in [3.8, 4) is 0 Å². The van der Waals surface area contributed by atoms with E-state index in [9.17, 15) is 0 Å². The zero-order chi connectivity index (χ0) is 13.5. The van der Waals surface area contributed by atoms with Gasteiger partial charge in [0.1, 0.15) is 5.82 Å². The van der Waals surface area contributed by atoms with Crippen LogP contribution in [0.2, 0.25) is 0 Å². The average Bonchev–Trinajstić information content (AvgIpc) is 2.89. The van der Waals surface area contributed by atoms with Crippen molar-refractivity contribution >= 4 is 23.3 Å². The van der Waals surface area contributed by atoms with E-state index in [2.05, 4.69) is 52.8 Å². The van der Waals surface area contributed by atoms with E-state index in [1.807, 2.05) is 0 Å². The van der Waals surface area contributed by atoms with Gasteiger partial charge in [0.25, 0.3) is 0 Å². The number of aromatic nitrogens is 2. The summed E-state index contributed by atoms with van der Waals surface area (Å²) in [7, 11) is 0. The number of nitrogens with zero attached hydrogens (tertiary/aromatic N) is 2. The van der Waals surface area contributed by atoms with Crippen LogP contribution in [0.25, 0.3) is 0 Å². The molecule has 0 fully saturated rings. The summed E-state index contributed by atoms with van der Waals surface area (Å²) in [5.74, 6) is 0.938. The molecule has 3 nitrogen and oxygen atoms in total. The molecule has 1 aromatic heterocycles. The van der Waals surface area contributed by atoms with Crippen LogP contribution >= 0.6 is 23.3 Å². The fourth-order valence-corrected chi connectivity index (χ4v) is 3.28. The van der Waals surface area contributed by atoms with Crippen LogP contribution < -0.4 is 5.32 Å². The summed E-state index contributed by atoms with van der Waals surface area (Å²) in [6.45, 7) is 6.27. The highest BCUT2D eigenvalue weighted by molar-refractivity contribution is 8.01. The second-order valence-electron chi connectivity index (χ2n) is 4.25. The number of benzene rings is 1. The first kappa shape index (κ1) is 14.5. The molecule has 1 heterocycles. The van der Waals surface area contributed by atoms with Crippen LogP contribution in [0, 0.1) is 0 Å². The van der Waals surface area contributed by atoms with Crippen molar-refractivity contribution in [1.29, 1.82) is 0 Å². The number of hydrogen-bond acceptors (Lipinski definition) is 5. The monoisotopic (exact) mass is 293 g/mol. The summed E-state index contributed by atoms with van der Waals surface area (Å²) >= 11 is 3.16. The van der Waals surface area contributed by atoms with Crippen molar-refractivity contribution in [3.05, 3.63) is 35.7 Å². The molecule has 5 heteroatoms. The molecule has 0 radical (unpaired) electrons. The molecule has 19 heavy (non-hydrogen) atoms. The molecule has 0 unspecified atom stereocenters. The summed E-state index contributed by atoms with van der Waals surface area (Å²) in [5.41, 5.74) is 1.32. The van der Waals surface area contributed by atoms with Gasteiger partial charge in [-0.05, 0) is 42.2 Å². The lowest BCUT2D eigenvalue weighted by atomic mass is 10.2. The van der Waals surface area contributed by atoms with Gasteiger partial charge in [-0.3, -0.25) is 0 Å². The van der Waals surface area contributed by atoms with Gasteiger partial charge in [0, 0.05) is 17.9 Å². The fourth-order valence-electron chi connectivity index (χ4n) is 1.61. The van der Waals surface area contributed by atoms with E-state index in [1.54, 1.807) is 11.8 Å². The topological polar surface area (TPSA) is 37.8 Å². The Hall–Kier alpha value is -0.910. The van der Waals surface area contributed by atoms with Crippen molar-refractivity contribution in [1.82, 2.24) is 14.7 Å². The Bertz CT molecular complexity index is 494. The Balaban J connectivity index is 1.90. The maximum Gasteiger partial charge on any atom is 0.174 e. The molecule has 2 rings (SSSR count). The Morgan fingerprint density at radius 3 is 2.63 bits per heavy atom. The summed E-state index contributed by atoms with van der Waals surface area (Å²) in [4.78, 5) is 5.69. The van der Waals surface area contributed by atoms with E-state index >= 15 is 0 Å². The van der Waals surface area contributed by atoms with Crippen molar-refractivity contribution in [3.63, 3.8) is 0 Å². The first-order valence-corrected chi connectivity index (χ1v) is 8.21. The summed E-state index contributed by atoms with van der Waals surface area (Å²) in [6.07, 6.45) is 2.07. The zero-order valence-corrected chi connectivity index (χ0v) is 13.0. The number of nitrogens with one attached hydrogen (secondary N) is 1. The predicted molar refractivity (Wildman–Crippen MR) is 81.8 cm³/mol. The van der Waals surface area contributed by atoms with Gasteiger partial charge in [-0.15, -0.1) is 0 Å². The molecule has 2 aromatic rings. The quantitative estimate of drug-likeness (QED) is 0.789. The Labute approximate surface area is 123 Å². The molecule has 0 aliphatic heterocycles. The first-order chi connectivity index (χ1) is 9.31. The second kappa shape index (κ2) is 7.62. The minimum atomic E-state index is 0.902. The lowest BCUT2D eigenvalue weighted by Gasteiger charge is -2.04. The minimum Gasteiger partial charge on any atom is -0.313 e. The molecule has 0 saturated heterocycles. The maximum atomic E-state index is 4.47. The highest BCUT2D eigenvalue weighted by Gasteiger charge is 2.04. The molecule has 0 atom stereocenters. The van der Waals surface area contributed by atoms with Gasteiger partial charge in [0.05, 0.1) is 0 Å². The Kier molecular flexibility index (Phi) is 5.82. The van der Waals surface area contributed by atoms with Crippen LogP contribution in [0.4, 0.5) is 0 Å². The molecule has 0 saturated carbocycles.